The topological polar surface area (TPSA) is 87.7 Å². The molecule has 1 saturated heterocycles. The average molecular weight is 369 g/mol. The minimum Gasteiger partial charge on any atom is -0.495 e. The lowest BCUT2D eigenvalue weighted by Crippen LogP contribution is -2.34. The number of ether oxygens (including phenoxy) is 1. The first kappa shape index (κ1) is 19.7. The summed E-state index contributed by atoms with van der Waals surface area (Å²) in [5.41, 5.74) is 0.336. The van der Waals surface area contributed by atoms with Gasteiger partial charge in [-0.05, 0) is 50.0 Å². The molecular weight excluding hydrogens is 342 g/mol. The number of likely N-dealkylation sites (tertiary alicyclic amines) is 1. The van der Waals surface area contributed by atoms with E-state index in [1.54, 1.807) is 0 Å². The molecule has 140 valence electrons. The van der Waals surface area contributed by atoms with Crippen LogP contribution in [0.3, 0.4) is 0 Å². The number of hydrogen-bond acceptors (Lipinski definition) is 5. The number of sulfonamides is 1. The van der Waals surface area contributed by atoms with E-state index in [0.29, 0.717) is 18.0 Å². The predicted octanol–water partition coefficient (Wildman–Crippen LogP) is 1.66. The van der Waals surface area contributed by atoms with Gasteiger partial charge in [0.25, 0.3) is 0 Å². The fourth-order valence-corrected chi connectivity index (χ4v) is 4.14. The highest BCUT2D eigenvalue weighted by Crippen LogP contribution is 2.27. The quantitative estimate of drug-likeness (QED) is 0.728. The van der Waals surface area contributed by atoms with Gasteiger partial charge >= 0.3 is 0 Å². The largest absolute Gasteiger partial charge is 0.495 e. The molecule has 0 unspecified atom stereocenters. The third-order valence-corrected chi connectivity index (χ3v) is 5.60. The number of rotatable bonds is 8. The summed E-state index contributed by atoms with van der Waals surface area (Å²) in [5.74, 6) is 0.345. The zero-order chi connectivity index (χ0) is 18.4. The molecule has 1 heterocycles. The molecule has 25 heavy (non-hydrogen) atoms. The summed E-state index contributed by atoms with van der Waals surface area (Å²) in [6, 6.07) is 4.42. The van der Waals surface area contributed by atoms with Crippen molar-refractivity contribution in [3.05, 3.63) is 18.2 Å². The van der Waals surface area contributed by atoms with Crippen LogP contribution in [-0.4, -0.2) is 52.5 Å². The molecule has 1 fully saturated rings. The average Bonchev–Trinajstić information content (AvgIpc) is 3.05. The Morgan fingerprint density at radius 2 is 2.00 bits per heavy atom. The minimum absolute atomic E-state index is 0.102. The van der Waals surface area contributed by atoms with E-state index in [1.807, 2.05) is 6.92 Å². The van der Waals surface area contributed by atoms with Crippen molar-refractivity contribution in [2.45, 2.75) is 31.6 Å². The Morgan fingerprint density at radius 3 is 2.60 bits per heavy atom. The normalized spacial score (nSPS) is 16.6. The Hall–Kier alpha value is -1.64. The van der Waals surface area contributed by atoms with Gasteiger partial charge in [0.05, 0.1) is 17.7 Å². The van der Waals surface area contributed by atoms with Crippen LogP contribution in [-0.2, 0) is 14.8 Å². The molecule has 1 amide bonds. The highest BCUT2D eigenvalue weighted by molar-refractivity contribution is 7.89. The van der Waals surface area contributed by atoms with Gasteiger partial charge in [0, 0.05) is 20.0 Å². The number of carbonyl (C=O) groups excluding carboxylic acids is 1. The predicted molar refractivity (Wildman–Crippen MR) is 97.3 cm³/mol. The molecule has 2 rings (SSSR count). The molecule has 0 radical (unpaired) electrons. The van der Waals surface area contributed by atoms with Gasteiger partial charge in [-0.1, -0.05) is 6.92 Å². The van der Waals surface area contributed by atoms with E-state index >= 15 is 0 Å². The van der Waals surface area contributed by atoms with Gasteiger partial charge in [-0.3, -0.25) is 4.79 Å². The number of nitrogens with zero attached hydrogens (tertiary/aromatic N) is 1. The summed E-state index contributed by atoms with van der Waals surface area (Å²) in [6.07, 6.45) is 2.44. The van der Waals surface area contributed by atoms with Crippen molar-refractivity contribution < 1.29 is 17.9 Å². The van der Waals surface area contributed by atoms with Gasteiger partial charge in [-0.25, -0.2) is 13.1 Å². The van der Waals surface area contributed by atoms with E-state index in [2.05, 4.69) is 14.9 Å². The van der Waals surface area contributed by atoms with Crippen LogP contribution in [0.4, 0.5) is 5.69 Å². The van der Waals surface area contributed by atoms with Gasteiger partial charge in [-0.15, -0.1) is 0 Å². The maximum absolute atomic E-state index is 12.5. The van der Waals surface area contributed by atoms with Crippen molar-refractivity contribution in [2.24, 2.45) is 5.92 Å². The van der Waals surface area contributed by atoms with Crippen LogP contribution < -0.4 is 14.8 Å². The molecule has 1 aromatic carbocycles. The van der Waals surface area contributed by atoms with Crippen LogP contribution in [0.2, 0.25) is 0 Å². The highest BCUT2D eigenvalue weighted by Gasteiger charge is 2.20. The minimum atomic E-state index is -3.65. The Balaban J connectivity index is 2.03. The summed E-state index contributed by atoms with van der Waals surface area (Å²) < 4.78 is 32.9. The van der Waals surface area contributed by atoms with E-state index in [0.717, 1.165) is 19.6 Å². The summed E-state index contributed by atoms with van der Waals surface area (Å²) in [6.45, 7) is 6.85. The van der Waals surface area contributed by atoms with Gasteiger partial charge in [0.2, 0.25) is 15.9 Å². The molecule has 0 aromatic heterocycles. The zero-order valence-corrected chi connectivity index (χ0v) is 15.9. The Kier molecular flexibility index (Phi) is 6.80. The monoisotopic (exact) mass is 369 g/mol. The number of carbonyl (C=O) groups is 1. The van der Waals surface area contributed by atoms with Crippen molar-refractivity contribution in [3.8, 4) is 5.75 Å². The number of nitrogens with one attached hydrogen (secondary N) is 2. The van der Waals surface area contributed by atoms with Crippen LogP contribution in [0.15, 0.2) is 23.1 Å². The number of hydrogen-bond donors (Lipinski definition) is 2. The van der Waals surface area contributed by atoms with Crippen LogP contribution in [0.5, 0.6) is 5.75 Å². The molecular formula is C17H27N3O4S. The van der Waals surface area contributed by atoms with E-state index in [9.17, 15) is 13.2 Å². The van der Waals surface area contributed by atoms with Crippen LogP contribution in [0, 0.1) is 5.92 Å². The van der Waals surface area contributed by atoms with Gasteiger partial charge in [-0.2, -0.15) is 0 Å². The maximum atomic E-state index is 12.5. The summed E-state index contributed by atoms with van der Waals surface area (Å²) in [4.78, 5) is 13.8. The van der Waals surface area contributed by atoms with Gasteiger partial charge in [0.1, 0.15) is 5.75 Å². The first-order chi connectivity index (χ1) is 11.8. The van der Waals surface area contributed by atoms with Crippen molar-refractivity contribution in [1.82, 2.24) is 9.62 Å². The lowest BCUT2D eigenvalue weighted by Gasteiger charge is -2.20. The molecule has 1 atom stereocenters. The maximum Gasteiger partial charge on any atom is 0.240 e. The van der Waals surface area contributed by atoms with E-state index in [4.69, 9.17) is 4.74 Å². The second-order valence-electron chi connectivity index (χ2n) is 6.51. The summed E-state index contributed by atoms with van der Waals surface area (Å²) >= 11 is 0. The van der Waals surface area contributed by atoms with Crippen molar-refractivity contribution >= 4 is 21.6 Å². The third-order valence-electron chi connectivity index (χ3n) is 4.18. The van der Waals surface area contributed by atoms with Crippen molar-refractivity contribution in [1.29, 1.82) is 0 Å². The molecule has 8 heteroatoms. The number of methoxy groups -OCH3 is 1. The first-order valence-electron chi connectivity index (χ1n) is 8.49. The van der Waals surface area contributed by atoms with E-state index < -0.39 is 10.0 Å². The standard InChI is InChI=1S/C17H27N3O4S/c1-13(12-20-8-4-5-9-20)11-18-25(22,23)15-6-7-17(24-3)16(10-15)19-14(2)21/h6-7,10,13,18H,4-5,8-9,11-12H2,1-3H3,(H,19,21)/t13-/m0/s1. The van der Waals surface area contributed by atoms with Gasteiger partial charge < -0.3 is 15.0 Å². The van der Waals surface area contributed by atoms with E-state index in [-0.39, 0.29) is 16.7 Å². The lowest BCUT2D eigenvalue weighted by molar-refractivity contribution is -0.114. The fraction of sp³-hybridized carbons (Fsp3) is 0.588. The number of amides is 1. The Morgan fingerprint density at radius 1 is 1.32 bits per heavy atom. The molecule has 0 bridgehead atoms. The lowest BCUT2D eigenvalue weighted by atomic mass is 10.2. The van der Waals surface area contributed by atoms with Crippen LogP contribution in [0.1, 0.15) is 26.7 Å². The molecule has 0 aliphatic carbocycles. The Bertz CT molecular complexity index is 700. The SMILES string of the molecule is COc1ccc(S(=O)(=O)NC[C@H](C)CN2CCCC2)cc1NC(C)=O. The molecule has 0 saturated carbocycles. The Labute approximate surface area is 149 Å². The highest BCUT2D eigenvalue weighted by atomic mass is 32.2. The second-order valence-corrected chi connectivity index (χ2v) is 8.28. The van der Waals surface area contributed by atoms with Crippen LogP contribution >= 0.6 is 0 Å². The zero-order valence-electron chi connectivity index (χ0n) is 15.0. The summed E-state index contributed by atoms with van der Waals surface area (Å²) in [7, 11) is -2.18. The van der Waals surface area contributed by atoms with Crippen LogP contribution in [0.25, 0.3) is 0 Å². The summed E-state index contributed by atoms with van der Waals surface area (Å²) in [5, 5.41) is 2.59. The third kappa shape index (κ3) is 5.69. The van der Waals surface area contributed by atoms with Gasteiger partial charge in [0.15, 0.2) is 0 Å². The number of benzene rings is 1. The second kappa shape index (κ2) is 8.64. The first-order valence-corrected chi connectivity index (χ1v) is 9.98. The molecule has 1 aromatic rings. The molecule has 2 N–H and O–H groups in total. The van der Waals surface area contributed by atoms with Crippen molar-refractivity contribution in [2.75, 3.05) is 38.6 Å². The van der Waals surface area contributed by atoms with Crippen molar-refractivity contribution in [3.63, 3.8) is 0 Å². The number of anilines is 1. The molecule has 0 spiro atoms. The molecule has 7 nitrogen and oxygen atoms in total. The molecule has 1 aliphatic rings. The smallest absolute Gasteiger partial charge is 0.240 e. The van der Waals surface area contributed by atoms with E-state index in [1.165, 1.54) is 45.1 Å². The molecule has 1 aliphatic heterocycles. The fourth-order valence-electron chi connectivity index (χ4n) is 2.95.